The van der Waals surface area contributed by atoms with Gasteiger partial charge in [0.05, 0.1) is 29.2 Å². The minimum Gasteiger partial charge on any atom is -0.741 e. The van der Waals surface area contributed by atoms with Gasteiger partial charge in [-0.1, -0.05) is 0 Å². The van der Waals surface area contributed by atoms with E-state index < -0.39 is 15.6 Å². The third-order valence-corrected chi connectivity index (χ3v) is 7.37. The smallest absolute Gasteiger partial charge is 0.485 e. The number of benzene rings is 3. The molecule has 0 amide bonds. The van der Waals surface area contributed by atoms with Gasteiger partial charge in [0.25, 0.3) is 0 Å². The fourth-order valence-electron chi connectivity index (χ4n) is 3.19. The summed E-state index contributed by atoms with van der Waals surface area (Å²) < 4.78 is 76.4. The molecule has 0 aromatic heterocycles. The lowest BCUT2D eigenvalue weighted by Gasteiger charge is -2.13. The molecule has 0 radical (unpaired) electrons. The molecular formula is C28H33F3O6S2. The average Bonchev–Trinajstić information content (AvgIpc) is 2.81. The van der Waals surface area contributed by atoms with Crippen LogP contribution < -0.4 is 14.2 Å². The van der Waals surface area contributed by atoms with E-state index in [2.05, 4.69) is 72.8 Å². The van der Waals surface area contributed by atoms with Gasteiger partial charge >= 0.3 is 5.51 Å². The van der Waals surface area contributed by atoms with Crippen molar-refractivity contribution in [2.75, 3.05) is 0 Å². The quantitative estimate of drug-likeness (QED) is 0.150. The van der Waals surface area contributed by atoms with Crippen LogP contribution in [0.15, 0.2) is 87.5 Å². The van der Waals surface area contributed by atoms with Crippen LogP contribution in [-0.4, -0.2) is 36.8 Å². The summed E-state index contributed by atoms with van der Waals surface area (Å²) in [6, 6.07) is 25.3. The second-order valence-electron chi connectivity index (χ2n) is 9.12. The third kappa shape index (κ3) is 10.7. The van der Waals surface area contributed by atoms with Crippen molar-refractivity contribution in [3.05, 3.63) is 72.8 Å². The lowest BCUT2D eigenvalue weighted by molar-refractivity contribution is -0.0517. The fraction of sp³-hybridized carbons (Fsp3) is 0.357. The highest BCUT2D eigenvalue weighted by Crippen LogP contribution is 2.34. The first-order chi connectivity index (χ1) is 18.1. The van der Waals surface area contributed by atoms with Crippen LogP contribution >= 0.6 is 0 Å². The minimum atomic E-state index is -6.09. The zero-order valence-corrected chi connectivity index (χ0v) is 24.2. The molecule has 0 aliphatic carbocycles. The predicted molar refractivity (Wildman–Crippen MR) is 145 cm³/mol. The van der Waals surface area contributed by atoms with Gasteiger partial charge in [-0.25, -0.2) is 8.42 Å². The van der Waals surface area contributed by atoms with Crippen molar-refractivity contribution in [3.63, 3.8) is 0 Å². The molecule has 39 heavy (non-hydrogen) atoms. The molecule has 0 heterocycles. The number of hydrogen-bond donors (Lipinski definition) is 0. The molecule has 0 unspecified atom stereocenters. The minimum absolute atomic E-state index is 0.158. The monoisotopic (exact) mass is 586 g/mol. The Bertz CT molecular complexity index is 1130. The van der Waals surface area contributed by atoms with Crippen molar-refractivity contribution in [1.29, 1.82) is 0 Å². The molecule has 0 saturated carbocycles. The molecule has 0 saturated heterocycles. The summed E-state index contributed by atoms with van der Waals surface area (Å²) in [6.45, 7) is 12.3. The Kier molecular flexibility index (Phi) is 11.6. The van der Waals surface area contributed by atoms with Crippen molar-refractivity contribution in [3.8, 4) is 17.2 Å². The third-order valence-electron chi connectivity index (χ3n) is 4.58. The summed E-state index contributed by atoms with van der Waals surface area (Å²) in [5.74, 6) is 2.68. The average molecular weight is 587 g/mol. The Hall–Kier alpha value is -2.89. The van der Waals surface area contributed by atoms with Crippen molar-refractivity contribution in [2.24, 2.45) is 0 Å². The standard InChI is InChI=1S/C27H33O3S.CHF3O3S/c1-19(2)28-22-7-13-25(14-8-22)31(26-15-9-23(10-16-26)29-20(3)4)27-17-11-24(12-18-27)30-21(5)6;2-1(3,4)8(5,6)7/h7-21H,1-6H3;(H,5,6,7)/q+1;/p-1. The predicted octanol–water partition coefficient (Wildman–Crippen LogP) is 7.20. The van der Waals surface area contributed by atoms with Crippen LogP contribution in [0.3, 0.4) is 0 Å². The molecule has 0 spiro atoms. The summed E-state index contributed by atoms with van der Waals surface area (Å²) in [6.07, 6.45) is 0.475. The number of hydrogen-bond acceptors (Lipinski definition) is 6. The molecule has 0 atom stereocenters. The second-order valence-corrected chi connectivity index (χ2v) is 12.5. The lowest BCUT2D eigenvalue weighted by Crippen LogP contribution is -2.21. The van der Waals surface area contributed by atoms with Crippen molar-refractivity contribution in [2.45, 2.75) is 80.0 Å². The highest BCUT2D eigenvalue weighted by Gasteiger charge is 2.37. The number of halogens is 3. The molecule has 214 valence electrons. The summed E-state index contributed by atoms with van der Waals surface area (Å²) >= 11 is 0. The van der Waals surface area contributed by atoms with E-state index in [0.29, 0.717) is 0 Å². The summed E-state index contributed by atoms with van der Waals surface area (Å²) in [5, 5.41) is 0. The highest BCUT2D eigenvalue weighted by atomic mass is 32.2. The van der Waals surface area contributed by atoms with E-state index in [1.54, 1.807) is 0 Å². The van der Waals surface area contributed by atoms with Gasteiger partial charge in [-0.2, -0.15) is 13.2 Å². The molecule has 0 bridgehead atoms. The first-order valence-corrected chi connectivity index (χ1v) is 14.8. The van der Waals surface area contributed by atoms with Gasteiger partial charge in [-0.3, -0.25) is 0 Å². The van der Waals surface area contributed by atoms with Crippen molar-refractivity contribution in [1.82, 2.24) is 0 Å². The van der Waals surface area contributed by atoms with Gasteiger partial charge in [-0.15, -0.1) is 0 Å². The van der Waals surface area contributed by atoms with Crippen LogP contribution in [0.5, 0.6) is 17.2 Å². The molecule has 0 aliphatic rings. The van der Waals surface area contributed by atoms with Gasteiger partial charge in [0.1, 0.15) is 17.2 Å². The summed E-state index contributed by atoms with van der Waals surface area (Å²) in [4.78, 5) is 3.73. The summed E-state index contributed by atoms with van der Waals surface area (Å²) in [7, 11) is -6.33. The van der Waals surface area contributed by atoms with Crippen LogP contribution in [0.1, 0.15) is 41.5 Å². The van der Waals surface area contributed by atoms with E-state index in [1.807, 2.05) is 41.5 Å². The Morgan fingerprint density at radius 2 is 0.795 bits per heavy atom. The molecule has 3 aromatic carbocycles. The fourth-order valence-corrected chi connectivity index (χ4v) is 5.23. The largest absolute Gasteiger partial charge is 0.741 e. The molecule has 0 N–H and O–H groups in total. The van der Waals surface area contributed by atoms with Gasteiger partial charge < -0.3 is 18.8 Å². The maximum absolute atomic E-state index is 10.7. The van der Waals surface area contributed by atoms with E-state index in [0.717, 1.165) is 17.2 Å². The number of ether oxygens (including phenoxy) is 3. The highest BCUT2D eigenvalue weighted by molar-refractivity contribution is 7.97. The molecule has 0 aliphatic heterocycles. The van der Waals surface area contributed by atoms with Crippen LogP contribution in [0.25, 0.3) is 0 Å². The first kappa shape index (κ1) is 32.3. The molecule has 6 nitrogen and oxygen atoms in total. The molecule has 0 fully saturated rings. The number of rotatable bonds is 9. The zero-order chi connectivity index (χ0) is 29.4. The maximum Gasteiger partial charge on any atom is 0.485 e. The zero-order valence-electron chi connectivity index (χ0n) is 22.6. The van der Waals surface area contributed by atoms with E-state index in [1.165, 1.54) is 14.7 Å². The van der Waals surface area contributed by atoms with Gasteiger partial charge in [0, 0.05) is 0 Å². The summed E-state index contributed by atoms with van der Waals surface area (Å²) in [5.41, 5.74) is -5.65. The van der Waals surface area contributed by atoms with Gasteiger partial charge in [0.15, 0.2) is 24.8 Å². The van der Waals surface area contributed by atoms with Crippen molar-refractivity contribution >= 4 is 21.0 Å². The van der Waals surface area contributed by atoms with E-state index in [-0.39, 0.29) is 29.2 Å². The topological polar surface area (TPSA) is 84.9 Å². The lowest BCUT2D eigenvalue weighted by atomic mass is 10.3. The molecular weight excluding hydrogens is 553 g/mol. The van der Waals surface area contributed by atoms with Crippen LogP contribution in [0.2, 0.25) is 0 Å². The molecule has 3 rings (SSSR count). The molecule has 3 aromatic rings. The van der Waals surface area contributed by atoms with Gasteiger partial charge in [0.2, 0.25) is 0 Å². The van der Waals surface area contributed by atoms with Crippen molar-refractivity contribution < 1.29 is 40.4 Å². The Morgan fingerprint density at radius 1 is 0.590 bits per heavy atom. The van der Waals surface area contributed by atoms with Crippen LogP contribution in [0, 0.1) is 0 Å². The first-order valence-electron chi connectivity index (χ1n) is 12.1. The van der Waals surface area contributed by atoms with E-state index in [9.17, 15) is 13.2 Å². The van der Waals surface area contributed by atoms with Crippen LogP contribution in [0.4, 0.5) is 13.2 Å². The maximum atomic E-state index is 10.7. The van der Waals surface area contributed by atoms with E-state index >= 15 is 0 Å². The Labute approximate surface area is 231 Å². The van der Waals surface area contributed by atoms with Gasteiger partial charge in [-0.05, 0) is 114 Å². The molecule has 11 heteroatoms. The number of alkyl halides is 3. The van der Waals surface area contributed by atoms with Crippen LogP contribution in [-0.2, 0) is 21.0 Å². The Morgan fingerprint density at radius 3 is 0.949 bits per heavy atom. The Balaban J connectivity index is 0.000000580. The second kappa shape index (κ2) is 14.0. The SMILES string of the molecule is CC(C)Oc1ccc([S+](c2ccc(OC(C)C)cc2)c2ccc(OC(C)C)cc2)cc1.O=S(=O)([O-])C(F)(F)F. The van der Waals surface area contributed by atoms with E-state index in [4.69, 9.17) is 27.2 Å². The normalized spacial score (nSPS) is 11.9.